The standard InChI is InChI=1S/C24H25FN4O2/c1-2-17-5-11-21(12-6-17)29-23(30)14-13-22(27-29)28-15-3-4-18(16-28)24(31)26-20-9-7-19(25)8-10-20/h5-14,18H,2-4,15-16H2,1H3,(H,26,31)/t18-/m0/s1. The van der Waals surface area contributed by atoms with E-state index in [1.54, 1.807) is 18.2 Å². The largest absolute Gasteiger partial charge is 0.354 e. The summed E-state index contributed by atoms with van der Waals surface area (Å²) < 4.78 is 14.5. The van der Waals surface area contributed by atoms with Crippen molar-refractivity contribution in [3.8, 4) is 5.69 Å². The Morgan fingerprint density at radius 3 is 2.55 bits per heavy atom. The maximum absolute atomic E-state index is 13.1. The van der Waals surface area contributed by atoms with Gasteiger partial charge < -0.3 is 10.2 Å². The van der Waals surface area contributed by atoms with Crippen LogP contribution in [0, 0.1) is 11.7 Å². The van der Waals surface area contributed by atoms with Crippen LogP contribution in [0.4, 0.5) is 15.9 Å². The highest BCUT2D eigenvalue weighted by molar-refractivity contribution is 5.93. The molecule has 1 aliphatic rings. The molecule has 160 valence electrons. The Bertz CT molecular complexity index is 1110. The van der Waals surface area contributed by atoms with E-state index in [9.17, 15) is 14.0 Å². The van der Waals surface area contributed by atoms with Gasteiger partial charge in [0.05, 0.1) is 11.6 Å². The molecule has 1 aromatic heterocycles. The molecule has 0 saturated carbocycles. The quantitative estimate of drug-likeness (QED) is 0.682. The number of rotatable bonds is 5. The fourth-order valence-corrected chi connectivity index (χ4v) is 3.80. The Hall–Kier alpha value is -3.48. The topological polar surface area (TPSA) is 67.2 Å². The second-order valence-electron chi connectivity index (χ2n) is 7.74. The van der Waals surface area contributed by atoms with Crippen molar-refractivity contribution in [2.45, 2.75) is 26.2 Å². The van der Waals surface area contributed by atoms with E-state index in [1.165, 1.54) is 28.4 Å². The number of carbonyl (C=O) groups is 1. The molecular weight excluding hydrogens is 395 g/mol. The number of nitrogens with one attached hydrogen (secondary N) is 1. The molecule has 0 aliphatic carbocycles. The molecule has 3 aromatic rings. The molecule has 6 nitrogen and oxygen atoms in total. The van der Waals surface area contributed by atoms with Crippen LogP contribution in [0.2, 0.25) is 0 Å². The summed E-state index contributed by atoms with van der Waals surface area (Å²) in [5, 5.41) is 7.43. The van der Waals surface area contributed by atoms with Gasteiger partial charge in [0.1, 0.15) is 11.6 Å². The lowest BCUT2D eigenvalue weighted by molar-refractivity contribution is -0.120. The van der Waals surface area contributed by atoms with Crippen LogP contribution in [0.3, 0.4) is 0 Å². The fourth-order valence-electron chi connectivity index (χ4n) is 3.80. The number of carbonyl (C=O) groups excluding carboxylic acids is 1. The van der Waals surface area contributed by atoms with E-state index in [4.69, 9.17) is 0 Å². The molecule has 1 saturated heterocycles. The molecule has 1 atom stereocenters. The molecule has 4 rings (SSSR count). The SMILES string of the molecule is CCc1ccc(-n2nc(N3CCC[C@H](C(=O)Nc4ccc(F)cc4)C3)ccc2=O)cc1. The van der Waals surface area contributed by atoms with Crippen molar-refractivity contribution in [2.75, 3.05) is 23.3 Å². The third-order valence-corrected chi connectivity index (χ3v) is 5.60. The highest BCUT2D eigenvalue weighted by Crippen LogP contribution is 2.23. The number of benzene rings is 2. The molecule has 7 heteroatoms. The number of aromatic nitrogens is 2. The van der Waals surface area contributed by atoms with Gasteiger partial charge in [-0.2, -0.15) is 4.68 Å². The van der Waals surface area contributed by atoms with E-state index in [-0.39, 0.29) is 23.2 Å². The summed E-state index contributed by atoms with van der Waals surface area (Å²) in [6.07, 6.45) is 2.53. The summed E-state index contributed by atoms with van der Waals surface area (Å²) in [5.74, 6) is 0.00965. The lowest BCUT2D eigenvalue weighted by Gasteiger charge is -2.32. The van der Waals surface area contributed by atoms with Crippen molar-refractivity contribution < 1.29 is 9.18 Å². The van der Waals surface area contributed by atoms with Gasteiger partial charge in [-0.1, -0.05) is 19.1 Å². The van der Waals surface area contributed by atoms with Crippen LogP contribution in [0.15, 0.2) is 65.5 Å². The molecule has 1 N–H and O–H groups in total. The van der Waals surface area contributed by atoms with E-state index < -0.39 is 0 Å². The number of piperidine rings is 1. The van der Waals surface area contributed by atoms with Crippen molar-refractivity contribution in [3.63, 3.8) is 0 Å². The zero-order chi connectivity index (χ0) is 21.8. The first-order valence-corrected chi connectivity index (χ1v) is 10.5. The molecule has 2 heterocycles. The zero-order valence-corrected chi connectivity index (χ0v) is 17.4. The average Bonchev–Trinajstić information content (AvgIpc) is 2.81. The van der Waals surface area contributed by atoms with E-state index in [0.717, 1.165) is 25.8 Å². The predicted molar refractivity (Wildman–Crippen MR) is 119 cm³/mol. The Kier molecular flexibility index (Phi) is 6.11. The Morgan fingerprint density at radius 1 is 1.10 bits per heavy atom. The van der Waals surface area contributed by atoms with Crippen LogP contribution in [-0.4, -0.2) is 28.8 Å². The van der Waals surface area contributed by atoms with Gasteiger partial charge in [0.15, 0.2) is 0 Å². The highest BCUT2D eigenvalue weighted by Gasteiger charge is 2.27. The zero-order valence-electron chi connectivity index (χ0n) is 17.4. The maximum atomic E-state index is 13.1. The number of nitrogens with zero attached hydrogens (tertiary/aromatic N) is 3. The Morgan fingerprint density at radius 2 is 1.84 bits per heavy atom. The Labute approximate surface area is 180 Å². The van der Waals surface area contributed by atoms with E-state index in [2.05, 4.69) is 17.3 Å². The van der Waals surface area contributed by atoms with E-state index in [0.29, 0.717) is 23.7 Å². The highest BCUT2D eigenvalue weighted by atomic mass is 19.1. The van der Waals surface area contributed by atoms with Gasteiger partial charge in [0, 0.05) is 24.8 Å². The lowest BCUT2D eigenvalue weighted by Crippen LogP contribution is -2.41. The number of halogens is 1. The lowest BCUT2D eigenvalue weighted by atomic mass is 9.97. The smallest absolute Gasteiger partial charge is 0.271 e. The molecule has 1 amide bonds. The second kappa shape index (κ2) is 9.12. The van der Waals surface area contributed by atoms with Gasteiger partial charge in [-0.25, -0.2) is 4.39 Å². The van der Waals surface area contributed by atoms with Gasteiger partial charge in [-0.05, 0) is 67.3 Å². The summed E-state index contributed by atoms with van der Waals surface area (Å²) in [5.41, 5.74) is 2.28. The fraction of sp³-hybridized carbons (Fsp3) is 0.292. The molecular formula is C24H25FN4O2. The summed E-state index contributed by atoms with van der Waals surface area (Å²) in [6, 6.07) is 16.7. The molecule has 31 heavy (non-hydrogen) atoms. The molecule has 0 unspecified atom stereocenters. The number of amides is 1. The van der Waals surface area contributed by atoms with Gasteiger partial charge >= 0.3 is 0 Å². The number of hydrogen-bond acceptors (Lipinski definition) is 4. The molecule has 1 fully saturated rings. The number of anilines is 2. The van der Waals surface area contributed by atoms with Crippen LogP contribution < -0.4 is 15.8 Å². The van der Waals surface area contributed by atoms with Crippen LogP contribution in [0.5, 0.6) is 0 Å². The van der Waals surface area contributed by atoms with Crippen molar-refractivity contribution in [1.29, 1.82) is 0 Å². The van der Waals surface area contributed by atoms with Crippen LogP contribution >= 0.6 is 0 Å². The van der Waals surface area contributed by atoms with Crippen LogP contribution in [0.1, 0.15) is 25.3 Å². The molecule has 0 bridgehead atoms. The van der Waals surface area contributed by atoms with Crippen molar-refractivity contribution >= 4 is 17.4 Å². The second-order valence-corrected chi connectivity index (χ2v) is 7.74. The van der Waals surface area contributed by atoms with Crippen LogP contribution in [-0.2, 0) is 11.2 Å². The summed E-state index contributed by atoms with van der Waals surface area (Å²) in [7, 11) is 0. The molecule has 2 aromatic carbocycles. The Balaban J connectivity index is 1.50. The molecule has 1 aliphatic heterocycles. The minimum absolute atomic E-state index is 0.0974. The average molecular weight is 420 g/mol. The summed E-state index contributed by atoms with van der Waals surface area (Å²) >= 11 is 0. The summed E-state index contributed by atoms with van der Waals surface area (Å²) in [4.78, 5) is 27.2. The van der Waals surface area contributed by atoms with Crippen LogP contribution in [0.25, 0.3) is 5.69 Å². The van der Waals surface area contributed by atoms with Gasteiger partial charge in [-0.3, -0.25) is 9.59 Å². The molecule has 0 spiro atoms. The minimum Gasteiger partial charge on any atom is -0.354 e. The van der Waals surface area contributed by atoms with E-state index >= 15 is 0 Å². The third-order valence-electron chi connectivity index (χ3n) is 5.60. The summed E-state index contributed by atoms with van der Waals surface area (Å²) in [6.45, 7) is 3.35. The number of hydrogen-bond donors (Lipinski definition) is 1. The normalized spacial score (nSPS) is 16.2. The first-order chi connectivity index (χ1) is 15.0. The maximum Gasteiger partial charge on any atom is 0.271 e. The molecule has 0 radical (unpaired) electrons. The first kappa shape index (κ1) is 20.8. The van der Waals surface area contributed by atoms with Gasteiger partial charge in [0.25, 0.3) is 5.56 Å². The van der Waals surface area contributed by atoms with Crippen molar-refractivity contribution in [1.82, 2.24) is 9.78 Å². The first-order valence-electron chi connectivity index (χ1n) is 10.5. The van der Waals surface area contributed by atoms with Crippen molar-refractivity contribution in [2.24, 2.45) is 5.92 Å². The van der Waals surface area contributed by atoms with Gasteiger partial charge in [0.2, 0.25) is 5.91 Å². The number of aryl methyl sites for hydroxylation is 1. The van der Waals surface area contributed by atoms with Gasteiger partial charge in [-0.15, -0.1) is 5.10 Å². The predicted octanol–water partition coefficient (Wildman–Crippen LogP) is 3.79. The van der Waals surface area contributed by atoms with Crippen molar-refractivity contribution in [3.05, 3.63) is 82.4 Å². The minimum atomic E-state index is -0.340. The monoisotopic (exact) mass is 420 g/mol. The van der Waals surface area contributed by atoms with E-state index in [1.807, 2.05) is 29.2 Å². The third kappa shape index (κ3) is 4.82.